The van der Waals surface area contributed by atoms with Crippen LogP contribution in [0.5, 0.6) is 0 Å². The van der Waals surface area contributed by atoms with Gasteiger partial charge < -0.3 is 0 Å². The normalized spacial score (nSPS) is 13.7. The zero-order valence-corrected chi connectivity index (χ0v) is 36.1. The predicted octanol–water partition coefficient (Wildman–Crippen LogP) is 16.3. The Morgan fingerprint density at radius 3 is 1.11 bits per heavy atom. The molecule has 0 nitrogen and oxygen atoms in total. The van der Waals surface area contributed by atoms with E-state index in [9.17, 15) is 0 Å². The summed E-state index contributed by atoms with van der Waals surface area (Å²) in [6, 6.07) is 21.8. The second-order valence-corrected chi connectivity index (χ2v) is 41.0. The van der Waals surface area contributed by atoms with Crippen LogP contribution in [0.25, 0.3) is 0 Å². The third-order valence-electron chi connectivity index (χ3n) is 9.43. The molecule has 0 N–H and O–H groups in total. The van der Waals surface area contributed by atoms with E-state index in [1.54, 1.807) is 0 Å². The molecule has 0 radical (unpaired) electrons. The molecular weight excluding hydrogens is 729 g/mol. The summed E-state index contributed by atoms with van der Waals surface area (Å²) in [6.07, 6.45) is 33.4. The molecular formula is C42H76ClIP2. The number of unbranched alkanes of at least 4 members (excludes halogenated alkanes) is 18. The molecule has 0 atom stereocenters. The van der Waals surface area contributed by atoms with Crippen LogP contribution in [0, 0.1) is 0 Å². The molecule has 2 rings (SSSR count). The second-order valence-electron chi connectivity index (χ2n) is 16.1. The third kappa shape index (κ3) is 26.2. The van der Waals surface area contributed by atoms with Gasteiger partial charge in [0.2, 0.25) is 0 Å². The Kier molecular flexibility index (Phi) is 23.6. The Balaban J connectivity index is 0.000000460. The molecule has 0 bridgehead atoms. The molecule has 0 aliphatic heterocycles. The van der Waals surface area contributed by atoms with Crippen LogP contribution in [0.4, 0.5) is 0 Å². The first-order chi connectivity index (χ1) is 21.8. The molecule has 0 saturated heterocycles. The van der Waals surface area contributed by atoms with E-state index < -0.39 is 10.2 Å². The fourth-order valence-corrected chi connectivity index (χ4v) is 15.0. The van der Waals surface area contributed by atoms with E-state index in [1.807, 2.05) is 0 Å². The zero-order chi connectivity index (χ0) is 34.1. The molecule has 0 amide bonds. The summed E-state index contributed by atoms with van der Waals surface area (Å²) in [5, 5.41) is 0. The summed E-state index contributed by atoms with van der Waals surface area (Å²) in [4.78, 5) is 0. The van der Waals surface area contributed by atoms with E-state index in [4.69, 9.17) is 11.2 Å². The predicted molar refractivity (Wildman–Crippen MR) is 231 cm³/mol. The Bertz CT molecular complexity index is 893. The Hall–Kier alpha value is 0.320. The average molecular weight is 805 g/mol. The van der Waals surface area contributed by atoms with Gasteiger partial charge in [0.1, 0.15) is 0 Å². The van der Waals surface area contributed by atoms with Crippen molar-refractivity contribution in [2.24, 2.45) is 0 Å². The van der Waals surface area contributed by atoms with Gasteiger partial charge in [0.05, 0.1) is 0 Å². The number of benzene rings is 2. The Labute approximate surface area is 306 Å². The van der Waals surface area contributed by atoms with Gasteiger partial charge in [-0.2, -0.15) is 0 Å². The quantitative estimate of drug-likeness (QED) is 0.0505. The summed E-state index contributed by atoms with van der Waals surface area (Å²) in [7, 11) is 0. The first-order valence-electron chi connectivity index (χ1n) is 19.3. The molecule has 0 unspecified atom stereocenters. The summed E-state index contributed by atoms with van der Waals surface area (Å²) in [6.45, 7) is 14.4. The summed E-state index contributed by atoms with van der Waals surface area (Å²) in [5.74, 6) is -2.03. The maximum atomic E-state index is 7.07. The fraction of sp³-hybridized carbons (Fsp3) is 0.714. The molecule has 0 spiro atoms. The van der Waals surface area contributed by atoms with Crippen LogP contribution >= 0.6 is 43.5 Å². The SMILES string of the molecule is CCCCCCCCCCCCP(C)(C)(Cl)Cc1ccccc1.CCCCCCCCCCCCP(C)(C)(I)Cc1ccccc1. The molecule has 2 aromatic carbocycles. The molecule has 0 aliphatic rings. The van der Waals surface area contributed by atoms with E-state index >= 15 is 0 Å². The van der Waals surface area contributed by atoms with Gasteiger partial charge in [0.25, 0.3) is 0 Å². The van der Waals surface area contributed by atoms with E-state index in [-0.39, 0.29) is 0 Å². The van der Waals surface area contributed by atoms with Crippen molar-refractivity contribution >= 4 is 43.5 Å². The molecule has 0 fully saturated rings. The van der Waals surface area contributed by atoms with E-state index in [0.717, 1.165) is 6.16 Å². The Morgan fingerprint density at radius 2 is 0.739 bits per heavy atom. The molecule has 0 aliphatic carbocycles. The van der Waals surface area contributed by atoms with Crippen molar-refractivity contribution in [3.63, 3.8) is 0 Å². The van der Waals surface area contributed by atoms with E-state index in [0.29, 0.717) is 0 Å². The zero-order valence-electron chi connectivity index (χ0n) is 31.4. The van der Waals surface area contributed by atoms with Gasteiger partial charge in [-0.15, -0.1) is 0 Å². The second kappa shape index (κ2) is 24.5. The first-order valence-corrected chi connectivity index (χ1v) is 30.0. The molecule has 4 heteroatoms. The van der Waals surface area contributed by atoms with Crippen LogP contribution in [0.15, 0.2) is 60.7 Å². The summed E-state index contributed by atoms with van der Waals surface area (Å²) in [5.41, 5.74) is 2.92. The Morgan fingerprint density at radius 1 is 0.435 bits per heavy atom. The van der Waals surface area contributed by atoms with Gasteiger partial charge >= 0.3 is 309 Å². The summed E-state index contributed by atoms with van der Waals surface area (Å²) >= 11 is 9.90. The molecule has 268 valence electrons. The van der Waals surface area contributed by atoms with Crippen LogP contribution in [0.3, 0.4) is 0 Å². The molecule has 46 heavy (non-hydrogen) atoms. The maximum absolute atomic E-state index is 7.07. The van der Waals surface area contributed by atoms with Crippen LogP contribution in [0.2, 0.25) is 0 Å². The number of rotatable bonds is 26. The van der Waals surface area contributed by atoms with Gasteiger partial charge in [-0.3, -0.25) is 0 Å². The van der Waals surface area contributed by atoms with Crippen molar-refractivity contribution in [1.29, 1.82) is 0 Å². The van der Waals surface area contributed by atoms with Gasteiger partial charge in [0.15, 0.2) is 0 Å². The molecule has 0 aromatic heterocycles. The number of hydrogen-bond acceptors (Lipinski definition) is 0. The van der Waals surface area contributed by atoms with Crippen LogP contribution in [-0.2, 0) is 12.3 Å². The number of halogens is 2. The standard InChI is InChI=1S/C21H38ClP.C21H38IP/c2*1-4-5-6-7-8-9-10-11-12-16-19-23(2,3,22)20-21-17-14-13-15-18-21/h2*13-15,17-18H,4-12,16,19-20H2,1-3H3. The monoisotopic (exact) mass is 804 g/mol. The van der Waals surface area contributed by atoms with Gasteiger partial charge in [-0.25, -0.2) is 0 Å². The first kappa shape index (κ1) is 44.3. The van der Waals surface area contributed by atoms with Gasteiger partial charge in [-0.05, 0) is 0 Å². The van der Waals surface area contributed by atoms with Crippen molar-refractivity contribution in [3.8, 4) is 0 Å². The van der Waals surface area contributed by atoms with Crippen molar-refractivity contribution in [1.82, 2.24) is 0 Å². The summed E-state index contributed by atoms with van der Waals surface area (Å²) < 4.78 is -1.54. The minimum absolute atomic E-state index is 1.07. The number of hydrogen-bond donors (Lipinski definition) is 0. The average Bonchev–Trinajstić information content (AvgIpc) is 2.99. The fourth-order valence-electron chi connectivity index (χ4n) is 6.63. The van der Waals surface area contributed by atoms with E-state index in [2.05, 4.69) is 123 Å². The molecule has 0 saturated carbocycles. The van der Waals surface area contributed by atoms with Gasteiger partial charge in [-0.1, -0.05) is 0 Å². The topological polar surface area (TPSA) is 0 Å². The van der Waals surface area contributed by atoms with Crippen molar-refractivity contribution in [3.05, 3.63) is 71.8 Å². The van der Waals surface area contributed by atoms with Crippen LogP contribution < -0.4 is 0 Å². The van der Waals surface area contributed by atoms with Crippen molar-refractivity contribution in [2.45, 2.75) is 155 Å². The van der Waals surface area contributed by atoms with Crippen molar-refractivity contribution < 1.29 is 0 Å². The molecule has 2 aromatic rings. The molecule has 0 heterocycles. The minimum atomic E-state index is -2.03. The van der Waals surface area contributed by atoms with E-state index in [1.165, 1.54) is 158 Å². The van der Waals surface area contributed by atoms with Crippen LogP contribution in [-0.4, -0.2) is 39.0 Å². The van der Waals surface area contributed by atoms with Crippen molar-refractivity contribution in [2.75, 3.05) is 39.0 Å². The van der Waals surface area contributed by atoms with Crippen LogP contribution in [0.1, 0.15) is 153 Å². The van der Waals surface area contributed by atoms with Gasteiger partial charge in [0, 0.05) is 0 Å². The third-order valence-corrected chi connectivity index (χ3v) is 18.8.